The lowest BCUT2D eigenvalue weighted by Gasteiger charge is -2.19. The Hall–Kier alpha value is -2.82. The number of likely N-dealkylation sites (N-methyl/N-ethyl adjacent to an activating group) is 1. The monoisotopic (exact) mass is 312 g/mol. The van der Waals surface area contributed by atoms with Gasteiger partial charge in [0.05, 0.1) is 24.4 Å². The van der Waals surface area contributed by atoms with Gasteiger partial charge in [-0.3, -0.25) is 4.79 Å². The Morgan fingerprint density at radius 3 is 2.39 bits per heavy atom. The molecule has 2 aromatic rings. The second kappa shape index (κ2) is 7.98. The maximum atomic E-state index is 12.2. The number of amides is 1. The van der Waals surface area contributed by atoms with Crippen LogP contribution >= 0.6 is 0 Å². The molecule has 0 aromatic heterocycles. The highest BCUT2D eigenvalue weighted by atomic mass is 16.5. The molecule has 1 N–H and O–H groups in total. The fourth-order valence-electron chi connectivity index (χ4n) is 2.16. The zero-order valence-electron chi connectivity index (χ0n) is 13.3. The molecule has 0 aliphatic rings. The second-order valence-corrected chi connectivity index (χ2v) is 5.01. The summed E-state index contributed by atoms with van der Waals surface area (Å²) in [5.74, 6) is -0.645. The Bertz CT molecular complexity index is 671. The molecule has 23 heavy (non-hydrogen) atoms. The number of hydrogen-bond donors (Lipinski definition) is 1. The number of para-hydroxylation sites is 2. The molecule has 0 unspecified atom stereocenters. The first kappa shape index (κ1) is 16.5. The molecule has 0 fully saturated rings. The molecule has 2 rings (SSSR count). The minimum absolute atomic E-state index is 0.182. The molecule has 0 bridgehead atoms. The summed E-state index contributed by atoms with van der Waals surface area (Å²) < 4.78 is 5.00. The van der Waals surface area contributed by atoms with Gasteiger partial charge in [-0.1, -0.05) is 30.3 Å². The maximum Gasteiger partial charge on any atom is 0.340 e. The smallest absolute Gasteiger partial charge is 0.340 e. The number of carbonyl (C=O) groups excluding carboxylic acids is 2. The first-order valence-corrected chi connectivity index (χ1v) is 7.44. The Morgan fingerprint density at radius 2 is 1.70 bits per heavy atom. The predicted molar refractivity (Wildman–Crippen MR) is 90.7 cm³/mol. The van der Waals surface area contributed by atoms with E-state index in [-0.39, 0.29) is 19.1 Å². The van der Waals surface area contributed by atoms with E-state index in [1.165, 1.54) is 0 Å². The Balaban J connectivity index is 2.04. The molecule has 0 radical (unpaired) electrons. The van der Waals surface area contributed by atoms with Gasteiger partial charge >= 0.3 is 5.97 Å². The third-order valence-corrected chi connectivity index (χ3v) is 3.27. The molecule has 5 nitrogen and oxygen atoms in total. The summed E-state index contributed by atoms with van der Waals surface area (Å²) >= 11 is 0. The molecule has 0 spiro atoms. The van der Waals surface area contributed by atoms with Crippen LogP contribution in [0.5, 0.6) is 0 Å². The highest BCUT2D eigenvalue weighted by Gasteiger charge is 2.14. The van der Waals surface area contributed by atoms with Crippen molar-refractivity contribution in [2.24, 2.45) is 0 Å². The third kappa shape index (κ3) is 4.57. The summed E-state index contributed by atoms with van der Waals surface area (Å²) in [7, 11) is 1.84. The van der Waals surface area contributed by atoms with E-state index < -0.39 is 5.97 Å². The van der Waals surface area contributed by atoms with E-state index in [0.29, 0.717) is 11.3 Å². The van der Waals surface area contributed by atoms with Crippen molar-refractivity contribution in [2.75, 3.05) is 30.4 Å². The number of nitrogens with zero attached hydrogens (tertiary/aromatic N) is 1. The van der Waals surface area contributed by atoms with Crippen molar-refractivity contribution >= 4 is 23.3 Å². The van der Waals surface area contributed by atoms with Crippen LogP contribution in [-0.4, -0.2) is 32.1 Å². The van der Waals surface area contributed by atoms with Crippen LogP contribution in [0.4, 0.5) is 11.4 Å². The SMILES string of the molecule is CCOC(=O)c1ccccc1NC(=O)CN(C)c1ccccc1. The molecule has 5 heteroatoms. The van der Waals surface area contributed by atoms with Gasteiger partial charge in [0.2, 0.25) is 5.91 Å². The highest BCUT2D eigenvalue weighted by Crippen LogP contribution is 2.17. The standard InChI is InChI=1S/C18H20N2O3/c1-3-23-18(22)15-11-7-8-12-16(15)19-17(21)13-20(2)14-9-5-4-6-10-14/h4-12H,3,13H2,1-2H3,(H,19,21). The normalized spacial score (nSPS) is 10.0. The number of carbonyl (C=O) groups is 2. The lowest BCUT2D eigenvalue weighted by atomic mass is 10.2. The van der Waals surface area contributed by atoms with Crippen LogP contribution in [-0.2, 0) is 9.53 Å². The van der Waals surface area contributed by atoms with Crippen LogP contribution < -0.4 is 10.2 Å². The van der Waals surface area contributed by atoms with Crippen LogP contribution in [0.25, 0.3) is 0 Å². The summed E-state index contributed by atoms with van der Waals surface area (Å²) in [5.41, 5.74) is 1.75. The minimum atomic E-state index is -0.445. The minimum Gasteiger partial charge on any atom is -0.462 e. The molecular weight excluding hydrogens is 292 g/mol. The maximum absolute atomic E-state index is 12.2. The van der Waals surface area contributed by atoms with Crippen molar-refractivity contribution in [3.8, 4) is 0 Å². The summed E-state index contributed by atoms with van der Waals surface area (Å²) in [6.45, 7) is 2.22. The van der Waals surface area contributed by atoms with Gasteiger partial charge in [-0.25, -0.2) is 4.79 Å². The van der Waals surface area contributed by atoms with Gasteiger partial charge in [0.25, 0.3) is 0 Å². The van der Waals surface area contributed by atoms with Crippen LogP contribution in [0.2, 0.25) is 0 Å². The quantitative estimate of drug-likeness (QED) is 0.833. The zero-order chi connectivity index (χ0) is 16.7. The molecule has 2 aromatic carbocycles. The van der Waals surface area contributed by atoms with Crippen molar-refractivity contribution in [2.45, 2.75) is 6.92 Å². The third-order valence-electron chi connectivity index (χ3n) is 3.27. The second-order valence-electron chi connectivity index (χ2n) is 5.01. The first-order valence-electron chi connectivity index (χ1n) is 7.44. The van der Waals surface area contributed by atoms with Gasteiger partial charge in [0.1, 0.15) is 0 Å². The zero-order valence-corrected chi connectivity index (χ0v) is 13.3. The van der Waals surface area contributed by atoms with Gasteiger partial charge in [0.15, 0.2) is 0 Å². The van der Waals surface area contributed by atoms with E-state index in [9.17, 15) is 9.59 Å². The van der Waals surface area contributed by atoms with Gasteiger partial charge in [0, 0.05) is 12.7 Å². The molecule has 0 aliphatic carbocycles. The summed E-state index contributed by atoms with van der Waals surface area (Å²) in [6, 6.07) is 16.4. The van der Waals surface area contributed by atoms with E-state index in [4.69, 9.17) is 4.74 Å². The van der Waals surface area contributed by atoms with Crippen LogP contribution in [0, 0.1) is 0 Å². The van der Waals surface area contributed by atoms with E-state index in [0.717, 1.165) is 5.69 Å². The number of esters is 1. The molecule has 0 saturated carbocycles. The first-order chi connectivity index (χ1) is 11.1. The van der Waals surface area contributed by atoms with Gasteiger partial charge < -0.3 is 15.0 Å². The fraction of sp³-hybridized carbons (Fsp3) is 0.222. The van der Waals surface area contributed by atoms with Crippen molar-refractivity contribution in [1.82, 2.24) is 0 Å². The van der Waals surface area contributed by atoms with E-state index in [1.54, 1.807) is 31.2 Å². The Labute approximate surface area is 135 Å². The molecule has 0 aliphatic heterocycles. The fourth-order valence-corrected chi connectivity index (χ4v) is 2.16. The van der Waals surface area contributed by atoms with Gasteiger partial charge in [-0.15, -0.1) is 0 Å². The van der Waals surface area contributed by atoms with Crippen LogP contribution in [0.3, 0.4) is 0 Å². The lowest BCUT2D eigenvalue weighted by Crippen LogP contribution is -2.30. The molecule has 0 atom stereocenters. The molecule has 0 heterocycles. The Kier molecular flexibility index (Phi) is 5.74. The molecular formula is C18H20N2O3. The number of nitrogens with one attached hydrogen (secondary N) is 1. The number of anilines is 2. The number of rotatable bonds is 6. The van der Waals surface area contributed by atoms with Crippen molar-refractivity contribution in [1.29, 1.82) is 0 Å². The van der Waals surface area contributed by atoms with E-state index >= 15 is 0 Å². The Morgan fingerprint density at radius 1 is 1.04 bits per heavy atom. The van der Waals surface area contributed by atoms with Gasteiger partial charge in [-0.05, 0) is 31.2 Å². The average Bonchev–Trinajstić information content (AvgIpc) is 2.56. The topological polar surface area (TPSA) is 58.6 Å². The van der Waals surface area contributed by atoms with Crippen LogP contribution in [0.1, 0.15) is 17.3 Å². The number of hydrogen-bond acceptors (Lipinski definition) is 4. The van der Waals surface area contributed by atoms with Crippen molar-refractivity contribution in [3.63, 3.8) is 0 Å². The number of benzene rings is 2. The molecule has 1 amide bonds. The van der Waals surface area contributed by atoms with E-state index in [2.05, 4.69) is 5.32 Å². The molecule has 120 valence electrons. The average molecular weight is 312 g/mol. The summed E-state index contributed by atoms with van der Waals surface area (Å²) in [5, 5.41) is 2.77. The van der Waals surface area contributed by atoms with Gasteiger partial charge in [-0.2, -0.15) is 0 Å². The summed E-state index contributed by atoms with van der Waals surface area (Å²) in [6.07, 6.45) is 0. The van der Waals surface area contributed by atoms with Crippen molar-refractivity contribution in [3.05, 3.63) is 60.2 Å². The molecule has 0 saturated heterocycles. The van der Waals surface area contributed by atoms with E-state index in [1.807, 2.05) is 42.3 Å². The lowest BCUT2D eigenvalue weighted by molar-refractivity contribution is -0.114. The predicted octanol–water partition coefficient (Wildman–Crippen LogP) is 2.94. The van der Waals surface area contributed by atoms with Crippen molar-refractivity contribution < 1.29 is 14.3 Å². The summed E-state index contributed by atoms with van der Waals surface area (Å²) in [4.78, 5) is 26.0. The largest absolute Gasteiger partial charge is 0.462 e. The highest BCUT2D eigenvalue weighted by molar-refractivity contribution is 6.02. The number of ether oxygens (including phenoxy) is 1. The van der Waals surface area contributed by atoms with Crippen LogP contribution in [0.15, 0.2) is 54.6 Å².